The number of nitrogens with one attached hydrogen (secondary N) is 1. The van der Waals surface area contributed by atoms with Crippen LogP contribution in [0.5, 0.6) is 0 Å². The summed E-state index contributed by atoms with van der Waals surface area (Å²) in [6.45, 7) is 6.43. The maximum atomic E-state index is 11.3. The molecule has 0 aliphatic heterocycles. The Morgan fingerprint density at radius 3 is 2.42 bits per heavy atom. The standard InChI is InChI=1S/C12H21N3O2S.H2O/c1-5-15(10(3)14-18(4,16)17)11-6-7-12(13)9(2)8-11;/h6-8,10,14H,5,13H2,1-4H3;1H2. The van der Waals surface area contributed by atoms with Crippen molar-refractivity contribution in [3.63, 3.8) is 0 Å². The van der Waals surface area contributed by atoms with Gasteiger partial charge in [-0.15, -0.1) is 0 Å². The van der Waals surface area contributed by atoms with Crippen LogP contribution in [0.25, 0.3) is 0 Å². The van der Waals surface area contributed by atoms with E-state index in [9.17, 15) is 8.42 Å². The van der Waals surface area contributed by atoms with E-state index in [-0.39, 0.29) is 11.6 Å². The molecule has 0 aliphatic carbocycles. The molecule has 0 bridgehead atoms. The Morgan fingerprint density at radius 1 is 1.42 bits per heavy atom. The summed E-state index contributed by atoms with van der Waals surface area (Å²) in [6, 6.07) is 5.69. The first-order valence-electron chi connectivity index (χ1n) is 5.84. The van der Waals surface area contributed by atoms with E-state index in [0.29, 0.717) is 6.54 Å². The zero-order valence-electron chi connectivity index (χ0n) is 11.8. The van der Waals surface area contributed by atoms with Crippen LogP contribution in [-0.4, -0.2) is 32.9 Å². The Balaban J connectivity index is 0.00000324. The SMILES string of the molecule is CCN(c1ccc(N)c(C)c1)C(C)NS(C)(=O)=O.O. The molecule has 0 heterocycles. The predicted octanol–water partition coefficient (Wildman–Crippen LogP) is 0.474. The number of nitrogens with zero attached hydrogens (tertiary/aromatic N) is 1. The van der Waals surface area contributed by atoms with Crippen molar-refractivity contribution in [1.82, 2.24) is 4.72 Å². The van der Waals surface area contributed by atoms with Gasteiger partial charge >= 0.3 is 0 Å². The summed E-state index contributed by atoms with van der Waals surface area (Å²) in [6.07, 6.45) is 0.860. The van der Waals surface area contributed by atoms with Gasteiger partial charge in [0, 0.05) is 17.9 Å². The molecule has 0 saturated heterocycles. The molecule has 0 aromatic heterocycles. The molecule has 0 radical (unpaired) electrons. The first kappa shape index (κ1) is 17.7. The van der Waals surface area contributed by atoms with E-state index in [1.165, 1.54) is 0 Å². The van der Waals surface area contributed by atoms with Gasteiger partial charge in [-0.3, -0.25) is 0 Å². The highest BCUT2D eigenvalue weighted by Crippen LogP contribution is 2.21. The molecule has 0 fully saturated rings. The fourth-order valence-corrected chi connectivity index (χ4v) is 2.64. The minimum absolute atomic E-state index is 0. The molecule has 1 unspecified atom stereocenters. The minimum Gasteiger partial charge on any atom is -0.412 e. The van der Waals surface area contributed by atoms with Crippen molar-refractivity contribution in [2.24, 2.45) is 0 Å². The van der Waals surface area contributed by atoms with E-state index in [2.05, 4.69) is 4.72 Å². The van der Waals surface area contributed by atoms with E-state index in [1.807, 2.05) is 43.9 Å². The average Bonchev–Trinajstić information content (AvgIpc) is 2.21. The summed E-state index contributed by atoms with van der Waals surface area (Å²) >= 11 is 0. The first-order chi connectivity index (χ1) is 8.24. The third kappa shape index (κ3) is 5.06. The summed E-state index contributed by atoms with van der Waals surface area (Å²) in [5.41, 5.74) is 8.45. The Bertz CT molecular complexity index is 517. The number of nitrogen functional groups attached to an aromatic ring is 1. The quantitative estimate of drug-likeness (QED) is 0.607. The highest BCUT2D eigenvalue weighted by molar-refractivity contribution is 7.88. The van der Waals surface area contributed by atoms with Crippen LogP contribution in [0.4, 0.5) is 11.4 Å². The van der Waals surface area contributed by atoms with Crippen LogP contribution in [0.3, 0.4) is 0 Å². The lowest BCUT2D eigenvalue weighted by atomic mass is 10.1. The number of hydrogen-bond acceptors (Lipinski definition) is 4. The number of sulfonamides is 1. The van der Waals surface area contributed by atoms with Gasteiger partial charge in [0.1, 0.15) is 0 Å². The van der Waals surface area contributed by atoms with Crippen LogP contribution in [-0.2, 0) is 10.0 Å². The highest BCUT2D eigenvalue weighted by Gasteiger charge is 2.16. The zero-order chi connectivity index (χ0) is 13.9. The van der Waals surface area contributed by atoms with E-state index in [1.54, 1.807) is 0 Å². The fraction of sp³-hybridized carbons (Fsp3) is 0.500. The Hall–Kier alpha value is -1.31. The lowest BCUT2D eigenvalue weighted by molar-refractivity contribution is 0.555. The Morgan fingerprint density at radius 2 is 2.00 bits per heavy atom. The van der Waals surface area contributed by atoms with Gasteiger partial charge in [-0.25, -0.2) is 8.42 Å². The van der Waals surface area contributed by atoms with E-state index in [4.69, 9.17) is 5.73 Å². The molecule has 6 nitrogen and oxygen atoms in total. The maximum absolute atomic E-state index is 11.3. The third-order valence-corrected chi connectivity index (χ3v) is 3.55. The van der Waals surface area contributed by atoms with Gasteiger partial charge < -0.3 is 16.1 Å². The van der Waals surface area contributed by atoms with Gasteiger partial charge in [0.25, 0.3) is 0 Å². The van der Waals surface area contributed by atoms with Gasteiger partial charge in [0.15, 0.2) is 0 Å². The topological polar surface area (TPSA) is 107 Å². The Kier molecular flexibility index (Phi) is 6.28. The number of rotatable bonds is 5. The van der Waals surface area contributed by atoms with Crippen molar-refractivity contribution in [2.75, 3.05) is 23.4 Å². The second kappa shape index (κ2) is 6.74. The zero-order valence-corrected chi connectivity index (χ0v) is 12.6. The lowest BCUT2D eigenvalue weighted by Crippen LogP contribution is -2.46. The third-order valence-electron chi connectivity index (χ3n) is 2.78. The van der Waals surface area contributed by atoms with E-state index < -0.39 is 10.0 Å². The van der Waals surface area contributed by atoms with E-state index in [0.717, 1.165) is 23.2 Å². The van der Waals surface area contributed by atoms with Crippen LogP contribution in [0.15, 0.2) is 18.2 Å². The molecule has 110 valence electrons. The summed E-state index contributed by atoms with van der Waals surface area (Å²) in [7, 11) is -3.22. The molecule has 19 heavy (non-hydrogen) atoms. The molecular formula is C12H23N3O3S. The number of nitrogens with two attached hydrogens (primary N) is 1. The van der Waals surface area contributed by atoms with Crippen LogP contribution in [0.2, 0.25) is 0 Å². The lowest BCUT2D eigenvalue weighted by Gasteiger charge is -2.30. The summed E-state index contributed by atoms with van der Waals surface area (Å²) in [5, 5.41) is 0. The number of aryl methyl sites for hydroxylation is 1. The molecule has 0 aliphatic rings. The molecule has 1 rings (SSSR count). The highest BCUT2D eigenvalue weighted by atomic mass is 32.2. The van der Waals surface area contributed by atoms with Crippen LogP contribution < -0.4 is 15.4 Å². The Labute approximate surface area is 115 Å². The van der Waals surface area contributed by atoms with Crippen molar-refractivity contribution in [3.05, 3.63) is 23.8 Å². The molecule has 0 amide bonds. The molecule has 7 heteroatoms. The summed E-state index contributed by atoms with van der Waals surface area (Å²) < 4.78 is 25.1. The van der Waals surface area contributed by atoms with Gasteiger partial charge in [-0.1, -0.05) is 0 Å². The smallest absolute Gasteiger partial charge is 0.210 e. The van der Waals surface area contributed by atoms with Gasteiger partial charge in [-0.05, 0) is 44.5 Å². The summed E-state index contributed by atoms with van der Waals surface area (Å²) in [4.78, 5) is 1.97. The van der Waals surface area contributed by atoms with Crippen LogP contribution in [0, 0.1) is 6.92 Å². The fourth-order valence-electron chi connectivity index (χ4n) is 1.89. The van der Waals surface area contributed by atoms with Crippen molar-refractivity contribution in [3.8, 4) is 0 Å². The van der Waals surface area contributed by atoms with Crippen molar-refractivity contribution in [1.29, 1.82) is 0 Å². The number of anilines is 2. The molecular weight excluding hydrogens is 266 g/mol. The van der Waals surface area contributed by atoms with Gasteiger partial charge in [-0.2, -0.15) is 4.72 Å². The van der Waals surface area contributed by atoms with Gasteiger partial charge in [0.2, 0.25) is 10.0 Å². The molecule has 1 atom stereocenters. The summed E-state index contributed by atoms with van der Waals surface area (Å²) in [5.74, 6) is 0. The van der Waals surface area contributed by atoms with Crippen molar-refractivity contribution in [2.45, 2.75) is 26.9 Å². The average molecular weight is 289 g/mol. The predicted molar refractivity (Wildman–Crippen MR) is 79.7 cm³/mol. The molecule has 5 N–H and O–H groups in total. The van der Waals surface area contributed by atoms with Crippen molar-refractivity contribution >= 4 is 21.4 Å². The normalized spacial score (nSPS) is 12.6. The molecule has 0 spiro atoms. The minimum atomic E-state index is -3.22. The largest absolute Gasteiger partial charge is 0.412 e. The molecule has 1 aromatic carbocycles. The van der Waals surface area contributed by atoms with E-state index >= 15 is 0 Å². The second-order valence-corrected chi connectivity index (χ2v) is 6.17. The molecule has 0 saturated carbocycles. The maximum Gasteiger partial charge on any atom is 0.210 e. The monoisotopic (exact) mass is 289 g/mol. The molecule has 1 aromatic rings. The van der Waals surface area contributed by atoms with Crippen molar-refractivity contribution < 1.29 is 13.9 Å². The second-order valence-electron chi connectivity index (χ2n) is 4.39. The first-order valence-corrected chi connectivity index (χ1v) is 7.73. The number of benzene rings is 1. The van der Waals surface area contributed by atoms with Crippen LogP contribution >= 0.6 is 0 Å². The van der Waals surface area contributed by atoms with Crippen LogP contribution in [0.1, 0.15) is 19.4 Å². The van der Waals surface area contributed by atoms with Gasteiger partial charge in [0.05, 0.1) is 12.4 Å². The number of hydrogen-bond donors (Lipinski definition) is 2.